The monoisotopic (exact) mass is 399 g/mol. The van der Waals surface area contributed by atoms with Gasteiger partial charge in [0.2, 0.25) is 0 Å². The minimum atomic E-state index is -0.313. The van der Waals surface area contributed by atoms with Gasteiger partial charge in [0.1, 0.15) is 12.0 Å². The molecule has 25 heavy (non-hydrogen) atoms. The van der Waals surface area contributed by atoms with Crippen molar-refractivity contribution in [3.8, 4) is 0 Å². The Morgan fingerprint density at radius 3 is 2.56 bits per heavy atom. The topological polar surface area (TPSA) is 118 Å². The standard InChI is InChI=1S/C16H14BrN7O/c17-11-5-3-10(4-6-11)16(25)24-23-15-13(18)14(20-9-21-15)22-12-2-1-7-19-8-12/h1-9H,18H2,(H,24,25)(H2,20,21,22,23). The number of nitrogens with zero attached hydrogens (tertiary/aromatic N) is 3. The van der Waals surface area contributed by atoms with E-state index in [9.17, 15) is 4.79 Å². The van der Waals surface area contributed by atoms with Crippen LogP contribution in [0, 0.1) is 0 Å². The second kappa shape index (κ2) is 7.58. The number of aromatic nitrogens is 3. The second-order valence-corrected chi connectivity index (χ2v) is 5.85. The van der Waals surface area contributed by atoms with Gasteiger partial charge in [0.25, 0.3) is 5.91 Å². The summed E-state index contributed by atoms with van der Waals surface area (Å²) in [7, 11) is 0. The third-order valence-electron chi connectivity index (χ3n) is 3.21. The van der Waals surface area contributed by atoms with Crippen LogP contribution in [0.15, 0.2) is 59.6 Å². The molecule has 0 saturated heterocycles. The highest BCUT2D eigenvalue weighted by Crippen LogP contribution is 2.24. The molecular formula is C16H14BrN7O. The van der Waals surface area contributed by atoms with Crippen molar-refractivity contribution in [1.29, 1.82) is 0 Å². The van der Waals surface area contributed by atoms with Crippen molar-refractivity contribution in [2.45, 2.75) is 0 Å². The molecular weight excluding hydrogens is 386 g/mol. The lowest BCUT2D eigenvalue weighted by Crippen LogP contribution is -2.30. The summed E-state index contributed by atoms with van der Waals surface area (Å²) in [5, 5.41) is 3.04. The number of nitrogens with two attached hydrogens (primary N) is 1. The minimum Gasteiger partial charge on any atom is -0.393 e. The molecule has 0 spiro atoms. The average Bonchev–Trinajstić information content (AvgIpc) is 2.63. The number of hydrazine groups is 1. The minimum absolute atomic E-state index is 0.266. The molecule has 2 heterocycles. The first-order valence-electron chi connectivity index (χ1n) is 7.23. The van der Waals surface area contributed by atoms with Gasteiger partial charge in [0, 0.05) is 16.2 Å². The summed E-state index contributed by atoms with van der Waals surface area (Å²) in [5.41, 5.74) is 12.8. The fourth-order valence-electron chi connectivity index (χ4n) is 1.96. The summed E-state index contributed by atoms with van der Waals surface area (Å²) < 4.78 is 0.892. The summed E-state index contributed by atoms with van der Waals surface area (Å²) in [4.78, 5) is 24.3. The molecule has 0 aliphatic heterocycles. The number of carbonyl (C=O) groups is 1. The molecule has 0 aliphatic carbocycles. The van der Waals surface area contributed by atoms with Crippen LogP contribution in [-0.4, -0.2) is 20.9 Å². The van der Waals surface area contributed by atoms with Gasteiger partial charge in [0.05, 0.1) is 11.9 Å². The zero-order valence-corrected chi connectivity index (χ0v) is 14.5. The molecule has 9 heteroatoms. The zero-order valence-electron chi connectivity index (χ0n) is 12.9. The van der Waals surface area contributed by atoms with Crippen molar-refractivity contribution < 1.29 is 4.79 Å². The Kier molecular flexibility index (Phi) is 5.05. The molecule has 0 fully saturated rings. The van der Waals surface area contributed by atoms with Crippen LogP contribution in [0.2, 0.25) is 0 Å². The Bertz CT molecular complexity index is 871. The number of hydrogen-bond donors (Lipinski definition) is 4. The number of nitrogens with one attached hydrogen (secondary N) is 3. The van der Waals surface area contributed by atoms with E-state index in [4.69, 9.17) is 5.73 Å². The smallest absolute Gasteiger partial charge is 0.269 e. The van der Waals surface area contributed by atoms with E-state index < -0.39 is 0 Å². The van der Waals surface area contributed by atoms with Crippen LogP contribution in [0.3, 0.4) is 0 Å². The van der Waals surface area contributed by atoms with Crippen molar-refractivity contribution in [3.63, 3.8) is 0 Å². The lowest BCUT2D eigenvalue weighted by molar-refractivity contribution is 0.0962. The first-order valence-corrected chi connectivity index (χ1v) is 8.02. The van der Waals surface area contributed by atoms with E-state index in [2.05, 4.69) is 47.1 Å². The van der Waals surface area contributed by atoms with Gasteiger partial charge in [-0.3, -0.25) is 20.6 Å². The number of benzene rings is 1. The van der Waals surface area contributed by atoms with Crippen LogP contribution in [0.25, 0.3) is 0 Å². The van der Waals surface area contributed by atoms with E-state index in [1.165, 1.54) is 6.33 Å². The highest BCUT2D eigenvalue weighted by molar-refractivity contribution is 9.10. The molecule has 5 N–H and O–H groups in total. The molecule has 2 aromatic heterocycles. The fourth-order valence-corrected chi connectivity index (χ4v) is 2.22. The number of halogens is 1. The van der Waals surface area contributed by atoms with E-state index in [0.29, 0.717) is 11.4 Å². The predicted octanol–water partition coefficient (Wildman–Crippen LogP) is 2.72. The maximum Gasteiger partial charge on any atom is 0.269 e. The van der Waals surface area contributed by atoms with Crippen LogP contribution < -0.4 is 21.9 Å². The first-order chi connectivity index (χ1) is 12.1. The molecule has 126 valence electrons. The van der Waals surface area contributed by atoms with Crippen LogP contribution in [-0.2, 0) is 0 Å². The highest BCUT2D eigenvalue weighted by atomic mass is 79.9. The van der Waals surface area contributed by atoms with Crippen LogP contribution in [0.4, 0.5) is 23.0 Å². The lowest BCUT2D eigenvalue weighted by Gasteiger charge is -2.13. The second-order valence-electron chi connectivity index (χ2n) is 4.94. The summed E-state index contributed by atoms with van der Waals surface area (Å²) >= 11 is 3.32. The van der Waals surface area contributed by atoms with Crippen molar-refractivity contribution >= 4 is 44.8 Å². The van der Waals surface area contributed by atoms with Gasteiger partial charge in [-0.05, 0) is 36.4 Å². The van der Waals surface area contributed by atoms with Gasteiger partial charge in [-0.1, -0.05) is 15.9 Å². The zero-order chi connectivity index (χ0) is 17.6. The molecule has 0 unspecified atom stereocenters. The number of rotatable bonds is 5. The molecule has 1 aromatic carbocycles. The Morgan fingerprint density at radius 2 is 1.84 bits per heavy atom. The van der Waals surface area contributed by atoms with Gasteiger partial charge >= 0.3 is 0 Å². The molecule has 8 nitrogen and oxygen atoms in total. The van der Waals surface area contributed by atoms with Crippen molar-refractivity contribution in [1.82, 2.24) is 20.4 Å². The van der Waals surface area contributed by atoms with Gasteiger partial charge in [-0.2, -0.15) is 0 Å². The third-order valence-corrected chi connectivity index (χ3v) is 3.74. The molecule has 0 radical (unpaired) electrons. The Hall–Kier alpha value is -3.20. The van der Waals surface area contributed by atoms with E-state index >= 15 is 0 Å². The van der Waals surface area contributed by atoms with Crippen LogP contribution in [0.5, 0.6) is 0 Å². The van der Waals surface area contributed by atoms with Crippen molar-refractivity contribution in [2.75, 3.05) is 16.5 Å². The maximum atomic E-state index is 12.1. The Labute approximate surface area is 152 Å². The van der Waals surface area contributed by atoms with Gasteiger partial charge in [-0.15, -0.1) is 0 Å². The quantitative estimate of drug-likeness (QED) is 0.487. The molecule has 0 atom stereocenters. The van der Waals surface area contributed by atoms with Crippen molar-refractivity contribution in [3.05, 3.63) is 65.2 Å². The van der Waals surface area contributed by atoms with Gasteiger partial charge in [-0.25, -0.2) is 9.97 Å². The first kappa shape index (κ1) is 16.7. The number of hydrogen-bond acceptors (Lipinski definition) is 7. The SMILES string of the molecule is Nc1c(NNC(=O)c2ccc(Br)cc2)ncnc1Nc1cccnc1. The summed E-state index contributed by atoms with van der Waals surface area (Å²) in [6, 6.07) is 10.6. The maximum absolute atomic E-state index is 12.1. The summed E-state index contributed by atoms with van der Waals surface area (Å²) in [6.07, 6.45) is 4.65. The van der Waals surface area contributed by atoms with E-state index in [-0.39, 0.29) is 17.4 Å². The average molecular weight is 400 g/mol. The van der Waals surface area contributed by atoms with E-state index in [1.54, 1.807) is 42.7 Å². The summed E-state index contributed by atoms with van der Waals surface area (Å²) in [5.74, 6) is 0.377. The molecule has 0 saturated carbocycles. The number of pyridine rings is 1. The number of anilines is 4. The van der Waals surface area contributed by atoms with E-state index in [0.717, 1.165) is 10.2 Å². The Morgan fingerprint density at radius 1 is 1.08 bits per heavy atom. The predicted molar refractivity (Wildman–Crippen MR) is 99.2 cm³/mol. The third kappa shape index (κ3) is 4.21. The molecule has 3 rings (SSSR count). The molecule has 0 aliphatic rings. The van der Waals surface area contributed by atoms with Crippen LogP contribution >= 0.6 is 15.9 Å². The van der Waals surface area contributed by atoms with Crippen molar-refractivity contribution in [2.24, 2.45) is 0 Å². The molecule has 0 bridgehead atoms. The molecule has 1 amide bonds. The van der Waals surface area contributed by atoms with Crippen LogP contribution in [0.1, 0.15) is 10.4 Å². The number of carbonyl (C=O) groups excluding carboxylic acids is 1. The highest BCUT2D eigenvalue weighted by Gasteiger charge is 2.10. The number of nitrogen functional groups attached to an aromatic ring is 1. The van der Waals surface area contributed by atoms with Gasteiger partial charge < -0.3 is 11.1 Å². The number of amides is 1. The van der Waals surface area contributed by atoms with Gasteiger partial charge in [0.15, 0.2) is 11.6 Å². The normalized spacial score (nSPS) is 10.1. The summed E-state index contributed by atoms with van der Waals surface area (Å²) in [6.45, 7) is 0. The Balaban J connectivity index is 1.69. The largest absolute Gasteiger partial charge is 0.393 e. The molecule has 3 aromatic rings. The fraction of sp³-hybridized carbons (Fsp3) is 0. The lowest BCUT2D eigenvalue weighted by atomic mass is 10.2. The van der Waals surface area contributed by atoms with E-state index in [1.807, 2.05) is 6.07 Å².